The predicted octanol–water partition coefficient (Wildman–Crippen LogP) is 3.80. The second-order valence-corrected chi connectivity index (χ2v) is 7.72. The van der Waals surface area contributed by atoms with Gasteiger partial charge >= 0.3 is 5.97 Å². The molecular weight excluding hydrogens is 326 g/mol. The standard InChI is InChI=1S/C18H27NO4S/c1-5-8-22-10-15(20)19-17-16(18(21)23-11(2)3)13-7-6-12(4)9-14(13)24-17/h11-12H,5-10H2,1-4H3,(H,19,20). The zero-order chi connectivity index (χ0) is 17.7. The van der Waals surface area contributed by atoms with Gasteiger partial charge in [0.05, 0.1) is 11.7 Å². The van der Waals surface area contributed by atoms with Gasteiger partial charge in [-0.3, -0.25) is 4.79 Å². The van der Waals surface area contributed by atoms with Gasteiger partial charge < -0.3 is 14.8 Å². The van der Waals surface area contributed by atoms with Crippen LogP contribution in [-0.4, -0.2) is 31.2 Å². The maximum Gasteiger partial charge on any atom is 0.341 e. The van der Waals surface area contributed by atoms with Crippen molar-refractivity contribution in [3.8, 4) is 0 Å². The third kappa shape index (κ3) is 4.80. The van der Waals surface area contributed by atoms with Crippen LogP contribution in [-0.2, 0) is 27.1 Å². The number of hydrogen-bond acceptors (Lipinski definition) is 5. The van der Waals surface area contributed by atoms with Crippen LogP contribution < -0.4 is 5.32 Å². The van der Waals surface area contributed by atoms with Crippen molar-refractivity contribution in [2.75, 3.05) is 18.5 Å². The quantitative estimate of drug-likeness (QED) is 0.598. The number of anilines is 1. The molecule has 0 spiro atoms. The van der Waals surface area contributed by atoms with E-state index in [-0.39, 0.29) is 24.6 Å². The van der Waals surface area contributed by atoms with E-state index in [4.69, 9.17) is 9.47 Å². The van der Waals surface area contributed by atoms with E-state index >= 15 is 0 Å². The fourth-order valence-electron chi connectivity index (χ4n) is 2.80. The minimum Gasteiger partial charge on any atom is -0.459 e. The summed E-state index contributed by atoms with van der Waals surface area (Å²) < 4.78 is 10.7. The van der Waals surface area contributed by atoms with Crippen LogP contribution >= 0.6 is 11.3 Å². The van der Waals surface area contributed by atoms with E-state index in [0.717, 1.165) is 31.2 Å². The lowest BCUT2D eigenvalue weighted by Gasteiger charge is -2.18. The summed E-state index contributed by atoms with van der Waals surface area (Å²) in [6.07, 6.45) is 3.54. The van der Waals surface area contributed by atoms with Crippen LogP contribution in [0.3, 0.4) is 0 Å². The van der Waals surface area contributed by atoms with Crippen LogP contribution in [0.1, 0.15) is 61.3 Å². The highest BCUT2D eigenvalue weighted by Crippen LogP contribution is 2.40. The van der Waals surface area contributed by atoms with Crippen LogP contribution in [0, 0.1) is 5.92 Å². The molecular formula is C18H27NO4S. The van der Waals surface area contributed by atoms with Crippen LogP contribution in [0.5, 0.6) is 0 Å². The van der Waals surface area contributed by atoms with E-state index in [0.29, 0.717) is 23.1 Å². The average molecular weight is 353 g/mol. The molecule has 0 aromatic carbocycles. The molecule has 1 heterocycles. The molecule has 1 N–H and O–H groups in total. The fraction of sp³-hybridized carbons (Fsp3) is 0.667. The Bertz CT molecular complexity index is 594. The molecule has 1 aromatic heterocycles. The third-order valence-electron chi connectivity index (χ3n) is 3.89. The predicted molar refractivity (Wildman–Crippen MR) is 95.8 cm³/mol. The van der Waals surface area contributed by atoms with Crippen molar-refractivity contribution in [1.29, 1.82) is 0 Å². The lowest BCUT2D eigenvalue weighted by atomic mass is 9.88. The maximum atomic E-state index is 12.5. The molecule has 0 fully saturated rings. The number of rotatable bonds is 7. The smallest absolute Gasteiger partial charge is 0.341 e. The number of ether oxygens (including phenoxy) is 2. The van der Waals surface area contributed by atoms with Crippen LogP contribution in [0.4, 0.5) is 5.00 Å². The summed E-state index contributed by atoms with van der Waals surface area (Å²) in [6.45, 7) is 8.42. The first-order valence-electron chi connectivity index (χ1n) is 8.65. The van der Waals surface area contributed by atoms with E-state index in [1.165, 1.54) is 16.2 Å². The molecule has 0 saturated heterocycles. The zero-order valence-electron chi connectivity index (χ0n) is 14.9. The Hall–Kier alpha value is -1.40. The highest BCUT2D eigenvalue weighted by molar-refractivity contribution is 7.17. The third-order valence-corrected chi connectivity index (χ3v) is 5.06. The number of esters is 1. The molecule has 2 rings (SSSR count). The Balaban J connectivity index is 2.22. The summed E-state index contributed by atoms with van der Waals surface area (Å²) in [7, 11) is 0. The first kappa shape index (κ1) is 18.9. The van der Waals surface area contributed by atoms with E-state index < -0.39 is 0 Å². The first-order chi connectivity index (χ1) is 11.4. The lowest BCUT2D eigenvalue weighted by molar-refractivity contribution is -0.120. The molecule has 0 aliphatic heterocycles. The summed E-state index contributed by atoms with van der Waals surface area (Å²) in [5.41, 5.74) is 1.59. The zero-order valence-corrected chi connectivity index (χ0v) is 15.8. The van der Waals surface area contributed by atoms with Crippen molar-refractivity contribution < 1.29 is 19.1 Å². The molecule has 134 valence electrons. The molecule has 0 saturated carbocycles. The maximum absolute atomic E-state index is 12.5. The van der Waals surface area contributed by atoms with E-state index in [1.54, 1.807) is 0 Å². The second kappa shape index (κ2) is 8.62. The van der Waals surface area contributed by atoms with E-state index in [2.05, 4.69) is 12.2 Å². The minimum atomic E-state index is -0.346. The van der Waals surface area contributed by atoms with Gasteiger partial charge in [0.1, 0.15) is 11.6 Å². The van der Waals surface area contributed by atoms with Crippen molar-refractivity contribution in [2.45, 2.75) is 59.5 Å². The van der Waals surface area contributed by atoms with Crippen molar-refractivity contribution in [2.24, 2.45) is 5.92 Å². The van der Waals surface area contributed by atoms with Crippen molar-refractivity contribution in [3.63, 3.8) is 0 Å². The molecule has 6 heteroatoms. The number of thiophene rings is 1. The molecule has 1 atom stereocenters. The molecule has 1 unspecified atom stereocenters. The number of amides is 1. The summed E-state index contributed by atoms with van der Waals surface area (Å²) >= 11 is 1.50. The lowest BCUT2D eigenvalue weighted by Crippen LogP contribution is -2.21. The Morgan fingerprint density at radius 3 is 2.79 bits per heavy atom. The topological polar surface area (TPSA) is 64.6 Å². The van der Waals surface area contributed by atoms with Crippen LogP contribution in [0.25, 0.3) is 0 Å². The monoisotopic (exact) mass is 353 g/mol. The Morgan fingerprint density at radius 1 is 1.38 bits per heavy atom. The summed E-state index contributed by atoms with van der Waals surface area (Å²) in [6, 6.07) is 0. The van der Waals surface area contributed by atoms with Crippen molar-refractivity contribution in [1.82, 2.24) is 0 Å². The van der Waals surface area contributed by atoms with Crippen molar-refractivity contribution in [3.05, 3.63) is 16.0 Å². The second-order valence-electron chi connectivity index (χ2n) is 6.61. The van der Waals surface area contributed by atoms with Gasteiger partial charge in [0.2, 0.25) is 0 Å². The van der Waals surface area contributed by atoms with Gasteiger partial charge in [-0.15, -0.1) is 11.3 Å². The highest BCUT2D eigenvalue weighted by atomic mass is 32.1. The normalized spacial score (nSPS) is 16.8. The largest absolute Gasteiger partial charge is 0.459 e. The van der Waals surface area contributed by atoms with Gasteiger partial charge in [-0.25, -0.2) is 4.79 Å². The molecule has 1 aliphatic carbocycles. The highest BCUT2D eigenvalue weighted by Gasteiger charge is 2.29. The van der Waals surface area contributed by atoms with Gasteiger partial charge in [-0.2, -0.15) is 0 Å². The molecule has 5 nitrogen and oxygen atoms in total. The molecule has 0 bridgehead atoms. The van der Waals surface area contributed by atoms with Gasteiger partial charge in [0.15, 0.2) is 0 Å². The van der Waals surface area contributed by atoms with Crippen LogP contribution in [0.15, 0.2) is 0 Å². The van der Waals surface area contributed by atoms with E-state index in [9.17, 15) is 9.59 Å². The number of fused-ring (bicyclic) bond motifs is 1. The number of hydrogen-bond donors (Lipinski definition) is 1. The minimum absolute atomic E-state index is 0.00543. The Kier molecular flexibility index (Phi) is 6.80. The first-order valence-corrected chi connectivity index (χ1v) is 9.47. The summed E-state index contributed by atoms with van der Waals surface area (Å²) in [5.74, 6) is 0.0251. The van der Waals surface area contributed by atoms with Gasteiger partial charge in [-0.05, 0) is 51.0 Å². The molecule has 24 heavy (non-hydrogen) atoms. The summed E-state index contributed by atoms with van der Waals surface area (Å²) in [4.78, 5) is 25.8. The number of carbonyl (C=O) groups excluding carboxylic acids is 2. The van der Waals surface area contributed by atoms with E-state index in [1.807, 2.05) is 20.8 Å². The SMILES string of the molecule is CCCOCC(=O)Nc1sc2c(c1C(=O)OC(C)C)CCC(C)C2. The van der Waals surface area contributed by atoms with Gasteiger partial charge in [0.25, 0.3) is 5.91 Å². The average Bonchev–Trinajstić information content (AvgIpc) is 2.83. The van der Waals surface area contributed by atoms with Crippen molar-refractivity contribution >= 4 is 28.2 Å². The number of nitrogens with one attached hydrogen (secondary N) is 1. The van der Waals surface area contributed by atoms with Crippen LogP contribution in [0.2, 0.25) is 0 Å². The molecule has 1 aliphatic rings. The molecule has 1 amide bonds. The summed E-state index contributed by atoms with van der Waals surface area (Å²) in [5, 5.41) is 3.45. The Labute approximate surface area is 147 Å². The number of carbonyl (C=O) groups is 2. The van der Waals surface area contributed by atoms with Gasteiger partial charge in [0, 0.05) is 11.5 Å². The molecule has 1 aromatic rings. The Morgan fingerprint density at radius 2 is 2.12 bits per heavy atom. The fourth-order valence-corrected chi connectivity index (χ4v) is 4.21. The molecule has 0 radical (unpaired) electrons. The van der Waals surface area contributed by atoms with Gasteiger partial charge in [-0.1, -0.05) is 13.8 Å².